The summed E-state index contributed by atoms with van der Waals surface area (Å²) in [5.74, 6) is -1.06. The summed E-state index contributed by atoms with van der Waals surface area (Å²) < 4.78 is 0. The molecular weight excluding hydrogens is 492 g/mol. The Kier molecular flexibility index (Phi) is 9.11. The monoisotopic (exact) mass is 528 g/mol. The Hall–Kier alpha value is -4.01. The summed E-state index contributed by atoms with van der Waals surface area (Å²) in [7, 11) is 0. The number of nitrogens with two attached hydrogens (primary N) is 2. The third-order valence-electron chi connectivity index (χ3n) is 7.31. The summed E-state index contributed by atoms with van der Waals surface area (Å²) in [4.78, 5) is 38.5. The Bertz CT molecular complexity index is 1290. The molecule has 2 unspecified atom stereocenters. The average molecular weight is 529 g/mol. The van der Waals surface area contributed by atoms with Crippen LogP contribution in [0.3, 0.4) is 0 Å². The first-order chi connectivity index (χ1) is 18.7. The van der Waals surface area contributed by atoms with Crippen molar-refractivity contribution in [2.45, 2.75) is 64.4 Å². The number of amides is 2. The molecule has 2 heterocycles. The van der Waals surface area contributed by atoms with Gasteiger partial charge >= 0.3 is 5.97 Å². The van der Waals surface area contributed by atoms with Gasteiger partial charge in [0.25, 0.3) is 0 Å². The predicted octanol–water partition coefficient (Wildman–Crippen LogP) is 3.13. The Labute approximate surface area is 229 Å². The number of fused-ring (bicyclic) bond motifs is 2. The molecule has 5 rings (SSSR count). The molecule has 39 heavy (non-hydrogen) atoms. The van der Waals surface area contributed by atoms with Crippen LogP contribution in [0.15, 0.2) is 72.8 Å². The van der Waals surface area contributed by atoms with Gasteiger partial charge in [-0.2, -0.15) is 0 Å². The topological polar surface area (TPSA) is 130 Å². The quantitative estimate of drug-likeness (QED) is 0.432. The summed E-state index contributed by atoms with van der Waals surface area (Å²) in [6, 6.07) is 22.9. The zero-order chi connectivity index (χ0) is 27.9. The van der Waals surface area contributed by atoms with Gasteiger partial charge in [-0.1, -0.05) is 72.8 Å². The van der Waals surface area contributed by atoms with Crippen LogP contribution in [-0.4, -0.2) is 44.8 Å². The van der Waals surface area contributed by atoms with Crippen molar-refractivity contribution >= 4 is 17.8 Å². The Balaban J connectivity index is 0.000000183. The van der Waals surface area contributed by atoms with Crippen LogP contribution in [0.2, 0.25) is 0 Å². The van der Waals surface area contributed by atoms with E-state index in [4.69, 9.17) is 16.6 Å². The molecule has 0 radical (unpaired) electrons. The maximum atomic E-state index is 12.5. The maximum Gasteiger partial charge on any atom is 0.303 e. The largest absolute Gasteiger partial charge is 0.481 e. The van der Waals surface area contributed by atoms with Crippen LogP contribution >= 0.6 is 0 Å². The van der Waals surface area contributed by atoms with Crippen LogP contribution in [0.1, 0.15) is 46.2 Å². The Morgan fingerprint density at radius 2 is 1.13 bits per heavy atom. The highest BCUT2D eigenvalue weighted by Gasteiger charge is 2.28. The lowest BCUT2D eigenvalue weighted by molar-refractivity contribution is -0.138. The number of carbonyl (C=O) groups excluding carboxylic acids is 2. The normalized spacial score (nSPS) is 15.1. The lowest BCUT2D eigenvalue weighted by atomic mass is 10.0. The second kappa shape index (κ2) is 12.7. The SMILES string of the molecule is Cc1ccccc1CC(N)C(=O)N1Cc2ccccc2C1.NC(CCC(=O)O)C(=O)N1Cc2ccccc2C1. The minimum absolute atomic E-state index is 0.0365. The number of hydrogen-bond donors (Lipinski definition) is 3. The fourth-order valence-corrected chi connectivity index (χ4v) is 5.01. The van der Waals surface area contributed by atoms with Crippen molar-refractivity contribution in [1.82, 2.24) is 9.80 Å². The number of aryl methyl sites for hydroxylation is 1. The number of carboxylic acids is 1. The minimum Gasteiger partial charge on any atom is -0.481 e. The van der Waals surface area contributed by atoms with Crippen LogP contribution in [0.25, 0.3) is 0 Å². The van der Waals surface area contributed by atoms with Crippen LogP contribution in [0.5, 0.6) is 0 Å². The molecule has 2 aliphatic heterocycles. The van der Waals surface area contributed by atoms with Gasteiger partial charge in [-0.3, -0.25) is 14.4 Å². The van der Waals surface area contributed by atoms with Gasteiger partial charge in [0.1, 0.15) is 0 Å². The predicted molar refractivity (Wildman–Crippen MR) is 149 cm³/mol. The van der Waals surface area contributed by atoms with E-state index in [1.807, 2.05) is 59.5 Å². The van der Waals surface area contributed by atoms with Gasteiger partial charge in [0.2, 0.25) is 11.8 Å². The van der Waals surface area contributed by atoms with Gasteiger partial charge in [-0.25, -0.2) is 0 Å². The molecule has 0 saturated heterocycles. The van der Waals surface area contributed by atoms with Gasteiger partial charge in [0.05, 0.1) is 12.1 Å². The molecule has 0 bridgehead atoms. The summed E-state index contributed by atoms with van der Waals surface area (Å²) >= 11 is 0. The fraction of sp³-hybridized carbons (Fsp3) is 0.323. The van der Waals surface area contributed by atoms with Gasteiger partial charge in [0, 0.05) is 32.6 Å². The first-order valence-electron chi connectivity index (χ1n) is 13.2. The molecule has 0 aromatic heterocycles. The van der Waals surface area contributed by atoms with E-state index < -0.39 is 18.1 Å². The Morgan fingerprint density at radius 1 is 0.718 bits per heavy atom. The number of hydrogen-bond acceptors (Lipinski definition) is 5. The lowest BCUT2D eigenvalue weighted by Gasteiger charge is -2.21. The van der Waals surface area contributed by atoms with Gasteiger partial charge in [-0.05, 0) is 53.1 Å². The van der Waals surface area contributed by atoms with Crippen LogP contribution < -0.4 is 11.5 Å². The van der Waals surface area contributed by atoms with E-state index in [1.165, 1.54) is 16.7 Å². The number of carbonyl (C=O) groups is 3. The van der Waals surface area contributed by atoms with Gasteiger partial charge in [0.15, 0.2) is 0 Å². The van der Waals surface area contributed by atoms with Crippen LogP contribution in [0.4, 0.5) is 0 Å². The van der Waals surface area contributed by atoms with E-state index in [-0.39, 0.29) is 24.7 Å². The number of rotatable bonds is 7. The zero-order valence-corrected chi connectivity index (χ0v) is 22.3. The van der Waals surface area contributed by atoms with Crippen LogP contribution in [-0.2, 0) is 47.0 Å². The average Bonchev–Trinajstić information content (AvgIpc) is 3.57. The smallest absolute Gasteiger partial charge is 0.303 e. The van der Waals surface area contributed by atoms with E-state index in [1.54, 1.807) is 4.90 Å². The van der Waals surface area contributed by atoms with Crippen molar-refractivity contribution in [2.24, 2.45) is 11.5 Å². The molecule has 0 fully saturated rings. The Morgan fingerprint density at radius 3 is 1.56 bits per heavy atom. The maximum absolute atomic E-state index is 12.5. The standard InChI is InChI=1S/C18H20N2O.C13H16N2O3/c1-13-6-2-3-7-14(13)10-17(19)18(21)20-11-15-8-4-5-9-16(15)12-20;14-11(5-6-12(16)17)13(18)15-7-9-3-1-2-4-10(9)8-15/h2-9,17H,10-12,19H2,1H3;1-4,11H,5-8,14H2,(H,16,17). The third kappa shape index (κ3) is 7.10. The second-order valence-corrected chi connectivity index (χ2v) is 10.2. The second-order valence-electron chi connectivity index (χ2n) is 10.2. The molecule has 0 saturated carbocycles. The number of aliphatic carboxylic acids is 1. The highest BCUT2D eigenvalue weighted by molar-refractivity contribution is 5.83. The number of nitrogens with zero attached hydrogens (tertiary/aromatic N) is 2. The van der Waals surface area contributed by atoms with Gasteiger partial charge in [-0.15, -0.1) is 0 Å². The first kappa shape index (κ1) is 28.0. The molecule has 2 amide bonds. The highest BCUT2D eigenvalue weighted by Crippen LogP contribution is 2.24. The first-order valence-corrected chi connectivity index (χ1v) is 13.2. The summed E-state index contributed by atoms with van der Waals surface area (Å²) in [6.07, 6.45) is 0.701. The van der Waals surface area contributed by atoms with E-state index in [0.29, 0.717) is 32.6 Å². The highest BCUT2D eigenvalue weighted by atomic mass is 16.4. The molecule has 8 nitrogen and oxygen atoms in total. The number of carboxylic acid groups (broad SMARTS) is 1. The van der Waals surface area contributed by atoms with Gasteiger partial charge < -0.3 is 26.4 Å². The molecule has 8 heteroatoms. The lowest BCUT2D eigenvalue weighted by Crippen LogP contribution is -2.42. The molecule has 2 atom stereocenters. The van der Waals surface area contributed by atoms with Crippen molar-refractivity contribution in [1.29, 1.82) is 0 Å². The third-order valence-corrected chi connectivity index (χ3v) is 7.31. The van der Waals surface area contributed by atoms with E-state index in [9.17, 15) is 14.4 Å². The van der Waals surface area contributed by atoms with E-state index >= 15 is 0 Å². The minimum atomic E-state index is -0.928. The summed E-state index contributed by atoms with van der Waals surface area (Å²) in [6.45, 7) is 4.54. The van der Waals surface area contributed by atoms with E-state index in [2.05, 4.69) is 25.1 Å². The number of benzene rings is 3. The molecule has 2 aliphatic rings. The molecule has 0 aliphatic carbocycles. The summed E-state index contributed by atoms with van der Waals surface area (Å²) in [5, 5.41) is 8.57. The van der Waals surface area contributed by atoms with Crippen molar-refractivity contribution < 1.29 is 19.5 Å². The van der Waals surface area contributed by atoms with Crippen molar-refractivity contribution in [2.75, 3.05) is 0 Å². The molecule has 0 spiro atoms. The summed E-state index contributed by atoms with van der Waals surface area (Å²) in [5.41, 5.74) is 18.9. The van der Waals surface area contributed by atoms with E-state index in [0.717, 1.165) is 16.7 Å². The fourth-order valence-electron chi connectivity index (χ4n) is 5.01. The molecule has 3 aromatic carbocycles. The van der Waals surface area contributed by atoms with Crippen molar-refractivity contribution in [3.05, 3.63) is 106 Å². The van der Waals surface area contributed by atoms with Crippen molar-refractivity contribution in [3.63, 3.8) is 0 Å². The molecule has 5 N–H and O–H groups in total. The zero-order valence-electron chi connectivity index (χ0n) is 22.3. The molecule has 204 valence electrons. The van der Waals surface area contributed by atoms with Crippen LogP contribution in [0, 0.1) is 6.92 Å². The van der Waals surface area contributed by atoms with Crippen molar-refractivity contribution in [3.8, 4) is 0 Å². The molecule has 3 aromatic rings. The molecular formula is C31H36N4O4.